The van der Waals surface area contributed by atoms with Gasteiger partial charge < -0.3 is 14.8 Å². The van der Waals surface area contributed by atoms with E-state index in [0.29, 0.717) is 18.3 Å². The summed E-state index contributed by atoms with van der Waals surface area (Å²) in [6.45, 7) is 4.07. The molecule has 2 rings (SSSR count). The van der Waals surface area contributed by atoms with Gasteiger partial charge in [-0.1, -0.05) is 19.9 Å². The monoisotopic (exact) mass is 334 g/mol. The van der Waals surface area contributed by atoms with Crippen molar-refractivity contribution in [3.8, 4) is 5.75 Å². The van der Waals surface area contributed by atoms with E-state index in [4.69, 9.17) is 9.47 Å². The van der Waals surface area contributed by atoms with E-state index in [2.05, 4.69) is 10.6 Å². The van der Waals surface area contributed by atoms with Crippen LogP contribution in [0.2, 0.25) is 0 Å². The molecule has 0 unspecified atom stereocenters. The van der Waals surface area contributed by atoms with Crippen LogP contribution in [-0.4, -0.2) is 37.2 Å². The molecule has 1 aromatic carbocycles. The molecule has 0 aromatic heterocycles. The van der Waals surface area contributed by atoms with Crippen molar-refractivity contribution in [2.45, 2.75) is 32.7 Å². The molecule has 3 amide bonds. The van der Waals surface area contributed by atoms with Crippen molar-refractivity contribution in [3.63, 3.8) is 0 Å². The SMILES string of the molecule is CC(C)COc1cccc(C(=O)OCC(=O)NC(=O)NC2CC2)c1. The van der Waals surface area contributed by atoms with Gasteiger partial charge in [0.2, 0.25) is 0 Å². The number of benzene rings is 1. The number of imide groups is 1. The van der Waals surface area contributed by atoms with Gasteiger partial charge >= 0.3 is 12.0 Å². The Bertz CT molecular complexity index is 611. The predicted octanol–water partition coefficient (Wildman–Crippen LogP) is 1.87. The van der Waals surface area contributed by atoms with Crippen LogP contribution >= 0.6 is 0 Å². The van der Waals surface area contributed by atoms with Crippen LogP contribution in [0, 0.1) is 5.92 Å². The summed E-state index contributed by atoms with van der Waals surface area (Å²) in [6.07, 6.45) is 1.84. The van der Waals surface area contributed by atoms with E-state index in [-0.39, 0.29) is 11.6 Å². The Morgan fingerprint density at radius 1 is 1.25 bits per heavy atom. The molecule has 130 valence electrons. The molecule has 0 bridgehead atoms. The standard InChI is InChI=1S/C17H22N2O5/c1-11(2)9-23-14-5-3-4-12(8-14)16(21)24-10-15(20)19-17(22)18-13-6-7-13/h3-5,8,11,13H,6-7,9-10H2,1-2H3,(H2,18,19,20,22). The third-order valence-corrected chi connectivity index (χ3v) is 3.15. The number of amides is 3. The highest BCUT2D eigenvalue weighted by Gasteiger charge is 2.24. The zero-order valence-corrected chi connectivity index (χ0v) is 13.8. The first-order chi connectivity index (χ1) is 11.4. The summed E-state index contributed by atoms with van der Waals surface area (Å²) in [6, 6.07) is 6.13. The van der Waals surface area contributed by atoms with Crippen LogP contribution < -0.4 is 15.4 Å². The van der Waals surface area contributed by atoms with Gasteiger partial charge in [0.25, 0.3) is 5.91 Å². The Labute approximate surface area is 140 Å². The average Bonchev–Trinajstić information content (AvgIpc) is 3.34. The van der Waals surface area contributed by atoms with E-state index in [1.165, 1.54) is 0 Å². The number of hydrogen-bond donors (Lipinski definition) is 2. The second kappa shape index (κ2) is 8.33. The number of carbonyl (C=O) groups excluding carboxylic acids is 3. The molecule has 1 aliphatic carbocycles. The third-order valence-electron chi connectivity index (χ3n) is 3.15. The van der Waals surface area contributed by atoms with Crippen LogP contribution in [0.5, 0.6) is 5.75 Å². The molecule has 1 aliphatic rings. The summed E-state index contributed by atoms with van der Waals surface area (Å²) < 4.78 is 10.4. The molecule has 1 saturated carbocycles. The maximum atomic E-state index is 12.0. The van der Waals surface area contributed by atoms with Gasteiger partial charge in [-0.2, -0.15) is 0 Å². The highest BCUT2D eigenvalue weighted by molar-refractivity contribution is 5.97. The van der Waals surface area contributed by atoms with Crippen molar-refractivity contribution < 1.29 is 23.9 Å². The van der Waals surface area contributed by atoms with E-state index >= 15 is 0 Å². The molecule has 0 spiro atoms. The fourth-order valence-electron chi connectivity index (χ4n) is 1.80. The van der Waals surface area contributed by atoms with Crippen molar-refractivity contribution in [1.82, 2.24) is 10.6 Å². The lowest BCUT2D eigenvalue weighted by atomic mass is 10.2. The molecule has 0 atom stereocenters. The van der Waals surface area contributed by atoms with Crippen molar-refractivity contribution in [1.29, 1.82) is 0 Å². The van der Waals surface area contributed by atoms with E-state index in [0.717, 1.165) is 12.8 Å². The second-order valence-corrected chi connectivity index (χ2v) is 6.10. The second-order valence-electron chi connectivity index (χ2n) is 6.10. The molecule has 0 aliphatic heterocycles. The summed E-state index contributed by atoms with van der Waals surface area (Å²) in [4.78, 5) is 34.9. The predicted molar refractivity (Wildman–Crippen MR) is 86.8 cm³/mol. The van der Waals surface area contributed by atoms with Gasteiger partial charge in [-0.25, -0.2) is 9.59 Å². The number of hydrogen-bond acceptors (Lipinski definition) is 5. The number of rotatable bonds is 7. The summed E-state index contributed by atoms with van der Waals surface area (Å²) in [5, 5.41) is 4.72. The molecule has 7 heteroatoms. The third kappa shape index (κ3) is 6.28. The quantitative estimate of drug-likeness (QED) is 0.743. The number of urea groups is 1. The number of esters is 1. The topological polar surface area (TPSA) is 93.7 Å². The number of carbonyl (C=O) groups is 3. The Morgan fingerprint density at radius 3 is 2.67 bits per heavy atom. The van der Waals surface area contributed by atoms with Crippen LogP contribution in [0.25, 0.3) is 0 Å². The molecule has 0 heterocycles. The van der Waals surface area contributed by atoms with Crippen molar-refractivity contribution in [2.75, 3.05) is 13.2 Å². The molecule has 2 N–H and O–H groups in total. The van der Waals surface area contributed by atoms with Crippen LogP contribution in [0.1, 0.15) is 37.0 Å². The van der Waals surface area contributed by atoms with E-state index in [1.807, 2.05) is 13.8 Å². The summed E-state index contributed by atoms with van der Waals surface area (Å²) >= 11 is 0. The lowest BCUT2D eigenvalue weighted by Crippen LogP contribution is -2.42. The smallest absolute Gasteiger partial charge is 0.338 e. The highest BCUT2D eigenvalue weighted by atomic mass is 16.5. The molecule has 0 saturated heterocycles. The minimum atomic E-state index is -0.672. The first-order valence-electron chi connectivity index (χ1n) is 7.94. The molecule has 0 radical (unpaired) electrons. The van der Waals surface area contributed by atoms with Gasteiger partial charge in [-0.15, -0.1) is 0 Å². The van der Waals surface area contributed by atoms with Crippen molar-refractivity contribution >= 4 is 17.9 Å². The molecule has 7 nitrogen and oxygen atoms in total. The van der Waals surface area contributed by atoms with Gasteiger partial charge in [0.05, 0.1) is 12.2 Å². The maximum absolute atomic E-state index is 12.0. The minimum Gasteiger partial charge on any atom is -0.493 e. The fraction of sp³-hybridized carbons (Fsp3) is 0.471. The van der Waals surface area contributed by atoms with Crippen LogP contribution in [0.15, 0.2) is 24.3 Å². The average molecular weight is 334 g/mol. The van der Waals surface area contributed by atoms with Crippen molar-refractivity contribution in [3.05, 3.63) is 29.8 Å². The summed E-state index contributed by atoms with van der Waals surface area (Å²) in [7, 11) is 0. The Kier molecular flexibility index (Phi) is 6.17. The largest absolute Gasteiger partial charge is 0.493 e. The number of nitrogens with one attached hydrogen (secondary N) is 2. The lowest BCUT2D eigenvalue weighted by molar-refractivity contribution is -0.123. The molecule has 1 aromatic rings. The Hall–Kier alpha value is -2.57. The molecular formula is C17H22N2O5. The number of ether oxygens (including phenoxy) is 2. The van der Waals surface area contributed by atoms with Gasteiger partial charge in [-0.3, -0.25) is 10.1 Å². The van der Waals surface area contributed by atoms with Crippen LogP contribution in [-0.2, 0) is 9.53 Å². The minimum absolute atomic E-state index is 0.147. The first-order valence-corrected chi connectivity index (χ1v) is 7.94. The van der Waals surface area contributed by atoms with Crippen molar-refractivity contribution in [2.24, 2.45) is 5.92 Å². The summed E-state index contributed by atoms with van der Waals surface area (Å²) in [5.74, 6) is -0.394. The van der Waals surface area contributed by atoms with Gasteiger partial charge in [0, 0.05) is 6.04 Å². The normalized spacial score (nSPS) is 13.3. The zero-order valence-electron chi connectivity index (χ0n) is 13.8. The highest BCUT2D eigenvalue weighted by Crippen LogP contribution is 2.18. The molecular weight excluding hydrogens is 312 g/mol. The maximum Gasteiger partial charge on any atom is 0.338 e. The Balaban J connectivity index is 1.77. The van der Waals surface area contributed by atoms with E-state index < -0.39 is 24.5 Å². The zero-order chi connectivity index (χ0) is 17.5. The van der Waals surface area contributed by atoms with Gasteiger partial charge in [-0.05, 0) is 37.0 Å². The van der Waals surface area contributed by atoms with E-state index in [1.54, 1.807) is 24.3 Å². The van der Waals surface area contributed by atoms with Crippen LogP contribution in [0.4, 0.5) is 4.79 Å². The van der Waals surface area contributed by atoms with E-state index in [9.17, 15) is 14.4 Å². The molecule has 1 fully saturated rings. The van der Waals surface area contributed by atoms with Crippen LogP contribution in [0.3, 0.4) is 0 Å². The fourth-order valence-corrected chi connectivity index (χ4v) is 1.80. The lowest BCUT2D eigenvalue weighted by Gasteiger charge is -2.10. The summed E-state index contributed by atoms with van der Waals surface area (Å²) in [5.41, 5.74) is 0.284. The first kappa shape index (κ1) is 17.8. The Morgan fingerprint density at radius 2 is 2.00 bits per heavy atom. The van der Waals surface area contributed by atoms with Gasteiger partial charge in [0.15, 0.2) is 6.61 Å². The molecule has 24 heavy (non-hydrogen) atoms. The van der Waals surface area contributed by atoms with Gasteiger partial charge in [0.1, 0.15) is 5.75 Å².